The lowest BCUT2D eigenvalue weighted by Gasteiger charge is -2.36. The molecular formula is C49H58F7N5O11S2. The number of ether oxygens (including phenoxy) is 4. The van der Waals surface area contributed by atoms with Gasteiger partial charge in [0.15, 0.2) is 30.6 Å². The summed E-state index contributed by atoms with van der Waals surface area (Å²) in [7, 11) is -8.45. The number of hydrogen-bond acceptors (Lipinski definition) is 15. The summed E-state index contributed by atoms with van der Waals surface area (Å²) < 4.78 is 162. The zero-order valence-corrected chi connectivity index (χ0v) is 42.7. The Hall–Kier alpha value is -5.21. The van der Waals surface area contributed by atoms with Crippen molar-refractivity contribution in [1.29, 1.82) is 0 Å². The van der Waals surface area contributed by atoms with Gasteiger partial charge < -0.3 is 18.9 Å². The first-order valence-electron chi connectivity index (χ1n) is 23.7. The molecule has 2 aromatic carbocycles. The van der Waals surface area contributed by atoms with E-state index in [0.29, 0.717) is 29.8 Å². The van der Waals surface area contributed by atoms with Crippen LogP contribution in [0.5, 0.6) is 0 Å². The molecule has 3 saturated heterocycles. The van der Waals surface area contributed by atoms with Crippen LogP contribution in [0.4, 0.5) is 30.7 Å². The van der Waals surface area contributed by atoms with Gasteiger partial charge in [-0.15, -0.1) is 0 Å². The number of rotatable bonds is 16. The van der Waals surface area contributed by atoms with Crippen LogP contribution in [0.3, 0.4) is 0 Å². The first-order chi connectivity index (χ1) is 34.6. The summed E-state index contributed by atoms with van der Waals surface area (Å²) in [4.78, 5) is 47.8. The highest BCUT2D eigenvalue weighted by Gasteiger charge is 2.57. The summed E-state index contributed by atoms with van der Waals surface area (Å²) in [5.74, 6) is -9.20. The topological polar surface area (TPSA) is 212 Å². The number of halogens is 7. The van der Waals surface area contributed by atoms with E-state index in [2.05, 4.69) is 25.4 Å². The monoisotopic (exact) mass is 1090 g/mol. The number of carbonyl (C=O) groups excluding carboxylic acids is 2. The maximum atomic E-state index is 13.7. The summed E-state index contributed by atoms with van der Waals surface area (Å²) in [6.45, 7) is 6.74. The van der Waals surface area contributed by atoms with Gasteiger partial charge in [-0.1, -0.05) is 36.4 Å². The predicted molar refractivity (Wildman–Crippen MR) is 252 cm³/mol. The van der Waals surface area contributed by atoms with Crippen LogP contribution in [0.25, 0.3) is 22.5 Å². The molecule has 25 heteroatoms. The second kappa shape index (κ2) is 23.4. The Morgan fingerprint density at radius 1 is 0.662 bits per heavy atom. The number of nitrogens with one attached hydrogen (secondary N) is 1. The minimum Gasteiger partial charge on any atom is -0.459 e. The lowest BCUT2D eigenvalue weighted by Crippen LogP contribution is -2.56. The number of sulfone groups is 2. The first-order valence-corrected chi connectivity index (χ1v) is 26.7. The van der Waals surface area contributed by atoms with E-state index in [9.17, 15) is 57.2 Å². The molecule has 3 fully saturated rings. The zero-order chi connectivity index (χ0) is 54.2. The molecule has 1 amide bonds. The van der Waals surface area contributed by atoms with Gasteiger partial charge in [0.2, 0.25) is 15.8 Å². The van der Waals surface area contributed by atoms with Crippen molar-refractivity contribution in [3.8, 4) is 22.5 Å². The van der Waals surface area contributed by atoms with Gasteiger partial charge in [0, 0.05) is 82.5 Å². The van der Waals surface area contributed by atoms with E-state index >= 15 is 0 Å². The van der Waals surface area contributed by atoms with Crippen molar-refractivity contribution in [2.24, 2.45) is 0 Å². The standard InChI is InChI=1S/C25H28F5N3O6S.C24H30F2N2O5S/c26-24(27,25(28,29)30)9-8-18-15-32-20(16-31-18)17-4-6-19(7-5-17)40(35,36)23(10-13-37-14-11-23)22(34)33-39-21-3-1-2-12-38-21;1-22(2,3)33-21(29)24(11-13-32-14-12-24)34(30,31)20-16-27-19(15-28-20)18-7-5-17(6-8-18)9-10-23(4,25)26/h4-7,15-16,21H,1-3,8-14H2,(H,33,34);5-8,15-16H,9-14H2,1-4H3. The van der Waals surface area contributed by atoms with Crippen molar-refractivity contribution in [3.63, 3.8) is 0 Å². The zero-order valence-electron chi connectivity index (χ0n) is 41.1. The molecule has 0 spiro atoms. The quantitative estimate of drug-likeness (QED) is 0.0632. The number of hydroxylamine groups is 1. The summed E-state index contributed by atoms with van der Waals surface area (Å²) in [5.41, 5.74) is 3.88. The van der Waals surface area contributed by atoms with Crippen LogP contribution < -0.4 is 5.48 Å². The minimum atomic E-state index is -5.65. The van der Waals surface area contributed by atoms with Gasteiger partial charge in [0.1, 0.15) is 5.60 Å². The van der Waals surface area contributed by atoms with Crippen molar-refractivity contribution in [3.05, 3.63) is 84.6 Å². The van der Waals surface area contributed by atoms with Crippen molar-refractivity contribution in [1.82, 2.24) is 25.4 Å². The number of nitrogens with zero attached hydrogens (tertiary/aromatic N) is 4. The van der Waals surface area contributed by atoms with Crippen LogP contribution in [-0.4, -0.2) is 121 Å². The number of hydrogen-bond donors (Lipinski definition) is 1. The average Bonchev–Trinajstić information content (AvgIpc) is 3.37. The summed E-state index contributed by atoms with van der Waals surface area (Å²) in [6.07, 6.45) is -1.63. The molecule has 7 rings (SSSR count). The third-order valence-corrected chi connectivity index (χ3v) is 17.4. The highest BCUT2D eigenvalue weighted by atomic mass is 32.2. The van der Waals surface area contributed by atoms with Gasteiger partial charge in [0.05, 0.1) is 40.6 Å². The van der Waals surface area contributed by atoms with Crippen LogP contribution in [0.2, 0.25) is 0 Å². The maximum Gasteiger partial charge on any atom is 0.453 e. The number of aromatic nitrogens is 4. The van der Waals surface area contributed by atoms with Gasteiger partial charge in [-0.05, 0) is 83.9 Å². The van der Waals surface area contributed by atoms with E-state index in [0.717, 1.165) is 37.7 Å². The average molecular weight is 1090 g/mol. The van der Waals surface area contributed by atoms with E-state index in [1.54, 1.807) is 45.0 Å². The molecule has 0 bridgehead atoms. The molecule has 1 atom stereocenters. The fraction of sp³-hybridized carbons (Fsp3) is 0.551. The SMILES string of the molecule is CC(F)(F)CCc1ccc(-c2cnc(S(=O)(=O)C3(C(=O)OC(C)(C)C)CCOCC3)cn2)cc1.O=C(NOC1CCCCO1)C1(S(=O)(=O)c2ccc(-c3cnc(CCC(F)(F)C(F)(F)F)cn3)cc2)CCOCC1. The number of aryl methyl sites for hydroxylation is 2. The van der Waals surface area contributed by atoms with Crippen LogP contribution in [0.1, 0.15) is 96.7 Å². The highest BCUT2D eigenvalue weighted by Crippen LogP contribution is 2.40. The van der Waals surface area contributed by atoms with Crippen LogP contribution >= 0.6 is 0 Å². The third kappa shape index (κ3) is 14.0. The van der Waals surface area contributed by atoms with E-state index in [4.69, 9.17) is 23.8 Å². The molecule has 0 aliphatic carbocycles. The molecule has 5 heterocycles. The lowest BCUT2D eigenvalue weighted by molar-refractivity contribution is -0.284. The number of carbonyl (C=O) groups is 2. The molecule has 2 aromatic heterocycles. The molecule has 1 N–H and O–H groups in total. The van der Waals surface area contributed by atoms with Crippen molar-refractivity contribution in [2.75, 3.05) is 33.0 Å². The molecule has 3 aliphatic rings. The van der Waals surface area contributed by atoms with Gasteiger partial charge >= 0.3 is 18.1 Å². The van der Waals surface area contributed by atoms with Crippen LogP contribution in [-0.2, 0) is 65.9 Å². The van der Waals surface area contributed by atoms with E-state index in [1.807, 2.05) is 0 Å². The maximum absolute atomic E-state index is 13.7. The summed E-state index contributed by atoms with van der Waals surface area (Å²) in [6, 6.07) is 12.4. The largest absolute Gasteiger partial charge is 0.459 e. The van der Waals surface area contributed by atoms with Gasteiger partial charge in [-0.25, -0.2) is 40.9 Å². The lowest BCUT2D eigenvalue weighted by atomic mass is 9.98. The van der Waals surface area contributed by atoms with E-state index < -0.39 is 83.8 Å². The number of amides is 1. The molecule has 74 heavy (non-hydrogen) atoms. The van der Waals surface area contributed by atoms with Crippen LogP contribution in [0.15, 0.2) is 83.2 Å². The third-order valence-electron chi connectivity index (χ3n) is 12.5. The minimum absolute atomic E-state index is 0.0358. The Labute approximate surface area is 424 Å². The predicted octanol–water partition coefficient (Wildman–Crippen LogP) is 8.57. The molecule has 0 saturated carbocycles. The Morgan fingerprint density at radius 3 is 1.70 bits per heavy atom. The number of esters is 1. The Bertz CT molecular complexity index is 2740. The smallest absolute Gasteiger partial charge is 0.453 e. The van der Waals surface area contributed by atoms with Gasteiger partial charge in [-0.2, -0.15) is 22.0 Å². The fourth-order valence-corrected chi connectivity index (χ4v) is 11.8. The van der Waals surface area contributed by atoms with Gasteiger partial charge in [-0.3, -0.25) is 24.5 Å². The van der Waals surface area contributed by atoms with E-state index in [1.165, 1.54) is 36.7 Å². The second-order valence-corrected chi connectivity index (χ2v) is 23.7. The normalized spacial score (nSPS) is 18.6. The molecule has 4 aromatic rings. The molecular weight excluding hydrogens is 1030 g/mol. The Kier molecular flexibility index (Phi) is 18.3. The molecule has 3 aliphatic heterocycles. The second-order valence-electron chi connectivity index (χ2n) is 19.2. The highest BCUT2D eigenvalue weighted by molar-refractivity contribution is 7.94. The molecule has 1 unspecified atom stereocenters. The van der Waals surface area contributed by atoms with Crippen molar-refractivity contribution < 1.29 is 80.9 Å². The molecule has 16 nitrogen and oxygen atoms in total. The molecule has 0 radical (unpaired) electrons. The van der Waals surface area contributed by atoms with Crippen LogP contribution in [0, 0.1) is 0 Å². The summed E-state index contributed by atoms with van der Waals surface area (Å²) in [5, 5.41) is -0.314. The summed E-state index contributed by atoms with van der Waals surface area (Å²) >= 11 is 0. The number of alkyl halides is 7. The van der Waals surface area contributed by atoms with Crippen molar-refractivity contribution >= 4 is 31.6 Å². The number of benzene rings is 2. The first kappa shape index (κ1) is 58.1. The van der Waals surface area contributed by atoms with Crippen molar-refractivity contribution in [2.45, 2.75) is 148 Å². The Balaban J connectivity index is 0.000000244. The fourth-order valence-electron chi connectivity index (χ4n) is 8.09. The van der Waals surface area contributed by atoms with E-state index in [-0.39, 0.29) is 86.3 Å². The Morgan fingerprint density at radius 2 is 1.22 bits per heavy atom. The van der Waals surface area contributed by atoms with Gasteiger partial charge in [0.25, 0.3) is 5.91 Å². The molecule has 406 valence electrons.